The summed E-state index contributed by atoms with van der Waals surface area (Å²) >= 11 is -3.82. The van der Waals surface area contributed by atoms with Crippen molar-refractivity contribution in [2.75, 3.05) is 0 Å². The summed E-state index contributed by atoms with van der Waals surface area (Å²) in [7, 11) is -13.8. The molecule has 0 saturated carbocycles. The monoisotopic (exact) mass is 760 g/mol. The van der Waals surface area contributed by atoms with Gasteiger partial charge in [-0.05, 0) is 0 Å². The average Bonchev–Trinajstić information content (AvgIpc) is 2.30. The van der Waals surface area contributed by atoms with Crippen molar-refractivity contribution in [2.45, 2.75) is 157 Å². The van der Waals surface area contributed by atoms with Gasteiger partial charge >= 0.3 is 252 Å². The van der Waals surface area contributed by atoms with Gasteiger partial charge in [0.15, 0.2) is 0 Å². The van der Waals surface area contributed by atoms with Crippen molar-refractivity contribution < 1.29 is 0 Å². The van der Waals surface area contributed by atoms with Crippen LogP contribution in [0.25, 0.3) is 0 Å². The first-order valence-corrected chi connectivity index (χ1v) is 47.4. The predicted molar refractivity (Wildman–Crippen MR) is 200 cm³/mol. The average molecular weight is 760 g/mol. The number of hydrogen-bond donors (Lipinski definition) is 0. The van der Waals surface area contributed by atoms with Crippen molar-refractivity contribution in [1.82, 2.24) is 9.81 Å². The van der Waals surface area contributed by atoms with E-state index in [0.29, 0.717) is 0 Å². The molecule has 224 valence electrons. The minimum absolute atomic E-state index is 1.72. The molecule has 0 aromatic heterocycles. The molecular formula is C24H72N4Si8Sn. The van der Waals surface area contributed by atoms with E-state index in [2.05, 4.69) is 167 Å². The Labute approximate surface area is 250 Å². The van der Waals surface area contributed by atoms with Crippen molar-refractivity contribution in [3.63, 3.8) is 0 Å². The van der Waals surface area contributed by atoms with Crippen LogP contribution < -0.4 is 0 Å². The molecule has 0 amide bonds. The molecule has 0 spiro atoms. The van der Waals surface area contributed by atoms with Crippen molar-refractivity contribution in [3.8, 4) is 0 Å². The van der Waals surface area contributed by atoms with Crippen LogP contribution in [0.15, 0.2) is 0 Å². The van der Waals surface area contributed by atoms with E-state index >= 15 is 0 Å². The Hall–Kier alpha value is 2.37. The van der Waals surface area contributed by atoms with Crippen molar-refractivity contribution in [3.05, 3.63) is 0 Å². The third kappa shape index (κ3) is 9.18. The van der Waals surface area contributed by atoms with E-state index in [1.54, 1.807) is 0 Å². The van der Waals surface area contributed by atoms with Crippen LogP contribution in [0.5, 0.6) is 0 Å². The summed E-state index contributed by atoms with van der Waals surface area (Å²) < 4.78 is 14.2. The fourth-order valence-corrected chi connectivity index (χ4v) is 145. The molecular weight excluding hydrogens is 688 g/mol. The normalized spacial score (nSPS) is 16.5. The first kappa shape index (κ1) is 39.4. The summed E-state index contributed by atoms with van der Waals surface area (Å²) in [6, 6.07) is 0. The quantitative estimate of drug-likeness (QED) is 0.184. The Balaban J connectivity index is 9.26. The minimum atomic E-state index is -3.82. The topological polar surface area (TPSA) is 13.0 Å². The SMILES string of the molecule is C[Si](C)(C)[N]([Si](C)(C)C)[Sn]([N]([Si](C)(C)C)[Si](C)(C)C)([N]([Si](C)(C)C)[Si](C)(C)C)[N]([Si](C)(C)C)[Si](C)(C)C. The molecule has 0 unspecified atom stereocenters. The van der Waals surface area contributed by atoms with E-state index < -0.39 is 85.4 Å². The van der Waals surface area contributed by atoms with Crippen LogP contribution in [-0.2, 0) is 0 Å². The number of rotatable bonds is 12. The Morgan fingerprint density at radius 1 is 0.216 bits per heavy atom. The van der Waals surface area contributed by atoms with Gasteiger partial charge in [0.2, 0.25) is 0 Å². The summed E-state index contributed by atoms with van der Waals surface area (Å²) in [6.45, 7) is 65.4. The van der Waals surface area contributed by atoms with E-state index in [1.807, 2.05) is 0 Å². The molecule has 0 aromatic carbocycles. The van der Waals surface area contributed by atoms with Crippen LogP contribution in [0, 0.1) is 0 Å². The molecule has 4 nitrogen and oxygen atoms in total. The van der Waals surface area contributed by atoms with Crippen LogP contribution in [0.1, 0.15) is 0 Å². The van der Waals surface area contributed by atoms with Gasteiger partial charge in [-0.1, -0.05) is 0 Å². The third-order valence-electron chi connectivity index (χ3n) is 6.57. The Morgan fingerprint density at radius 3 is 0.351 bits per heavy atom. The summed E-state index contributed by atoms with van der Waals surface area (Å²) in [6.07, 6.45) is 0. The molecule has 0 aliphatic rings. The number of hydrogen-bond acceptors (Lipinski definition) is 4. The Bertz CT molecular complexity index is 581. The van der Waals surface area contributed by atoms with Crippen molar-refractivity contribution in [2.24, 2.45) is 0 Å². The van der Waals surface area contributed by atoms with Gasteiger partial charge in [-0.3, -0.25) is 0 Å². The van der Waals surface area contributed by atoms with Gasteiger partial charge in [-0.25, -0.2) is 0 Å². The zero-order valence-corrected chi connectivity index (χ0v) is 41.1. The van der Waals surface area contributed by atoms with Gasteiger partial charge in [0.05, 0.1) is 0 Å². The molecule has 0 aromatic rings. The summed E-state index contributed by atoms with van der Waals surface area (Å²) in [4.78, 5) is 0. The van der Waals surface area contributed by atoms with E-state index in [0.717, 1.165) is 0 Å². The molecule has 13 heteroatoms. The van der Waals surface area contributed by atoms with Gasteiger partial charge in [-0.2, -0.15) is 0 Å². The molecule has 0 atom stereocenters. The molecule has 0 aliphatic heterocycles. The van der Waals surface area contributed by atoms with Gasteiger partial charge in [0.1, 0.15) is 0 Å². The molecule has 0 saturated heterocycles. The predicted octanol–water partition coefficient (Wildman–Crippen LogP) is 9.31. The van der Waals surface area contributed by atoms with Gasteiger partial charge in [0, 0.05) is 0 Å². The molecule has 0 bridgehead atoms. The van der Waals surface area contributed by atoms with Gasteiger partial charge in [0.25, 0.3) is 0 Å². The Morgan fingerprint density at radius 2 is 0.297 bits per heavy atom. The van der Waals surface area contributed by atoms with Crippen LogP contribution in [0.2, 0.25) is 157 Å². The van der Waals surface area contributed by atoms with Crippen molar-refractivity contribution >= 4 is 85.4 Å². The van der Waals surface area contributed by atoms with Crippen LogP contribution in [0.3, 0.4) is 0 Å². The second-order valence-corrected chi connectivity index (χ2v) is 78.1. The fraction of sp³-hybridized carbons (Fsp3) is 1.00. The molecule has 0 rings (SSSR count). The zero-order chi connectivity index (χ0) is 30.8. The molecule has 0 heterocycles. The third-order valence-corrected chi connectivity index (χ3v) is 102. The van der Waals surface area contributed by atoms with E-state index in [-0.39, 0.29) is 0 Å². The van der Waals surface area contributed by atoms with Crippen LogP contribution in [-0.4, -0.2) is 95.2 Å². The van der Waals surface area contributed by atoms with Crippen LogP contribution >= 0.6 is 0 Å². The molecule has 0 N–H and O–H groups in total. The summed E-state index contributed by atoms with van der Waals surface area (Å²) in [5.41, 5.74) is 0. The van der Waals surface area contributed by atoms with E-state index in [4.69, 9.17) is 0 Å². The van der Waals surface area contributed by atoms with Gasteiger partial charge in [-0.15, -0.1) is 0 Å². The first-order chi connectivity index (χ1) is 15.5. The molecule has 0 radical (unpaired) electrons. The summed E-state index contributed by atoms with van der Waals surface area (Å²) in [5.74, 6) is 0. The van der Waals surface area contributed by atoms with E-state index in [9.17, 15) is 0 Å². The van der Waals surface area contributed by atoms with Crippen molar-refractivity contribution in [1.29, 1.82) is 0 Å². The molecule has 37 heavy (non-hydrogen) atoms. The molecule has 0 fully saturated rings. The summed E-state index contributed by atoms with van der Waals surface area (Å²) in [5, 5.41) is 0. The Kier molecular flexibility index (Phi) is 12.2. The second kappa shape index (κ2) is 11.5. The fourth-order valence-electron chi connectivity index (χ4n) is 8.22. The van der Waals surface area contributed by atoms with E-state index in [1.165, 1.54) is 0 Å². The maximum atomic E-state index is 3.54. The van der Waals surface area contributed by atoms with Crippen LogP contribution in [0.4, 0.5) is 0 Å². The maximum absolute atomic E-state index is 3.82. The number of nitrogens with zero attached hydrogens (tertiary/aromatic N) is 4. The standard InChI is InChI=1S/4C6H18NSi2.Sn/c4*1-8(2,3)7-9(4,5)6;/h4*1-6H3;/q4*-1;+4. The second-order valence-electron chi connectivity index (χ2n) is 19.3. The molecule has 0 aliphatic carbocycles. The zero-order valence-electron chi connectivity index (χ0n) is 30.3. The first-order valence-electron chi connectivity index (χ1n) is 14.7. The van der Waals surface area contributed by atoms with Gasteiger partial charge < -0.3 is 0 Å².